The molecule has 0 spiro atoms. The topological polar surface area (TPSA) is 113 Å². The Morgan fingerprint density at radius 3 is 2.57 bits per heavy atom. The van der Waals surface area contributed by atoms with Crippen LogP contribution >= 0.6 is 22.6 Å². The van der Waals surface area contributed by atoms with E-state index in [4.69, 9.17) is 4.84 Å². The smallest absolute Gasteiger partial charge is 0.276 e. The van der Waals surface area contributed by atoms with Gasteiger partial charge in [-0.05, 0) is 134 Å². The van der Waals surface area contributed by atoms with Crippen LogP contribution in [-0.4, -0.2) is 50.5 Å². The number of carbonyl (C=O) groups is 1. The molecule has 3 aromatic rings. The summed E-state index contributed by atoms with van der Waals surface area (Å²) in [6.07, 6.45) is 7.02. The number of nitrogens with zero attached hydrogens (tertiary/aromatic N) is 2. The molecule has 1 fully saturated rings. The number of aryl methyl sites for hydroxylation is 1. The van der Waals surface area contributed by atoms with Crippen LogP contribution in [0.3, 0.4) is 0 Å². The SMILES string of the molecule is CCN(CC)CCCC(NS(=O)(=O)c1ccc(C(=O)NOCC2CC2)c(Nc2ccc(I)cc2C)c1)c1cccnc1. The van der Waals surface area contributed by atoms with Crippen molar-refractivity contribution in [3.63, 3.8) is 0 Å². The van der Waals surface area contributed by atoms with Gasteiger partial charge in [-0.2, -0.15) is 0 Å². The number of nitrogens with one attached hydrogen (secondary N) is 3. The molecule has 1 atom stereocenters. The molecular formula is C31H40IN5O4S. The molecule has 1 saturated carbocycles. The highest BCUT2D eigenvalue weighted by Crippen LogP contribution is 2.30. The standard InChI is InChI=1S/C31H40IN5O4S/c1-4-37(5-2)17-7-9-29(24-8-6-16-33-20-24)36-42(39,40)26-13-14-27(31(38)35-41-21-23-10-11-23)30(19-26)34-28-15-12-25(32)18-22(28)3/h6,8,12-16,18-20,23,29,34,36H,4-5,7,9-11,17,21H2,1-3H3,(H,35,38). The number of sulfonamides is 1. The fourth-order valence-electron chi connectivity index (χ4n) is 4.66. The Kier molecular flexibility index (Phi) is 11.7. The Balaban J connectivity index is 1.60. The lowest BCUT2D eigenvalue weighted by Crippen LogP contribution is -2.31. The largest absolute Gasteiger partial charge is 0.355 e. The second kappa shape index (κ2) is 15.2. The fourth-order valence-corrected chi connectivity index (χ4v) is 6.59. The van der Waals surface area contributed by atoms with Crippen molar-refractivity contribution < 1.29 is 18.0 Å². The van der Waals surface area contributed by atoms with Gasteiger partial charge in [-0.3, -0.25) is 14.6 Å². The van der Waals surface area contributed by atoms with Crippen LogP contribution in [0.5, 0.6) is 0 Å². The molecule has 9 nitrogen and oxygen atoms in total. The lowest BCUT2D eigenvalue weighted by Gasteiger charge is -2.22. The predicted octanol–water partition coefficient (Wildman–Crippen LogP) is 5.95. The maximum absolute atomic E-state index is 13.8. The van der Waals surface area contributed by atoms with Gasteiger partial charge in [-0.25, -0.2) is 18.6 Å². The highest BCUT2D eigenvalue weighted by molar-refractivity contribution is 14.1. The first-order valence-electron chi connectivity index (χ1n) is 14.4. The number of hydrogen-bond donors (Lipinski definition) is 3. The van der Waals surface area contributed by atoms with Crippen molar-refractivity contribution in [3.05, 3.63) is 81.2 Å². The third-order valence-corrected chi connectivity index (χ3v) is 9.57. The first kappa shape index (κ1) is 32.3. The van der Waals surface area contributed by atoms with E-state index in [1.807, 2.05) is 37.3 Å². The number of carbonyl (C=O) groups excluding carboxylic acids is 1. The van der Waals surface area contributed by atoms with Crippen LogP contribution in [0.15, 0.2) is 65.8 Å². The van der Waals surface area contributed by atoms with Crippen LogP contribution in [-0.2, 0) is 14.9 Å². The van der Waals surface area contributed by atoms with E-state index in [1.54, 1.807) is 12.4 Å². The molecule has 1 aliphatic carbocycles. The number of amides is 1. The highest BCUT2D eigenvalue weighted by atomic mass is 127. The highest BCUT2D eigenvalue weighted by Gasteiger charge is 2.25. The van der Waals surface area contributed by atoms with E-state index in [0.29, 0.717) is 24.6 Å². The Hall–Kier alpha value is -2.58. The van der Waals surface area contributed by atoms with Crippen LogP contribution in [0.1, 0.15) is 67.1 Å². The maximum atomic E-state index is 13.8. The third-order valence-electron chi connectivity index (χ3n) is 7.43. The van der Waals surface area contributed by atoms with E-state index in [9.17, 15) is 13.2 Å². The van der Waals surface area contributed by atoms with Crippen LogP contribution in [0, 0.1) is 16.4 Å². The van der Waals surface area contributed by atoms with Crippen molar-refractivity contribution in [1.82, 2.24) is 20.1 Å². The zero-order chi connectivity index (χ0) is 30.1. The molecule has 0 bridgehead atoms. The molecule has 1 aromatic heterocycles. The van der Waals surface area contributed by atoms with E-state index in [2.05, 4.69) is 61.8 Å². The third kappa shape index (κ3) is 9.21. The molecule has 1 amide bonds. The summed E-state index contributed by atoms with van der Waals surface area (Å²) in [4.78, 5) is 25.1. The van der Waals surface area contributed by atoms with Crippen molar-refractivity contribution in [2.24, 2.45) is 5.92 Å². The Labute approximate surface area is 263 Å². The summed E-state index contributed by atoms with van der Waals surface area (Å²) in [7, 11) is -3.96. The van der Waals surface area contributed by atoms with Gasteiger partial charge in [0.05, 0.1) is 22.8 Å². The minimum atomic E-state index is -3.96. The van der Waals surface area contributed by atoms with Gasteiger partial charge in [0.25, 0.3) is 5.91 Å². The molecule has 1 unspecified atom stereocenters. The van der Waals surface area contributed by atoms with Gasteiger partial charge in [0.2, 0.25) is 10.0 Å². The Morgan fingerprint density at radius 1 is 1.12 bits per heavy atom. The summed E-state index contributed by atoms with van der Waals surface area (Å²) in [6, 6.07) is 13.6. The summed E-state index contributed by atoms with van der Waals surface area (Å²) >= 11 is 2.24. The molecule has 4 rings (SSSR count). The zero-order valence-corrected chi connectivity index (χ0v) is 27.4. The number of benzene rings is 2. The molecule has 3 N–H and O–H groups in total. The Morgan fingerprint density at radius 2 is 1.90 bits per heavy atom. The molecule has 2 aromatic carbocycles. The quantitative estimate of drug-likeness (QED) is 0.125. The summed E-state index contributed by atoms with van der Waals surface area (Å²) in [5, 5.41) is 3.29. The van der Waals surface area contributed by atoms with Crippen LogP contribution in [0.25, 0.3) is 0 Å². The van der Waals surface area contributed by atoms with E-state index >= 15 is 0 Å². The number of rotatable bonds is 16. The van der Waals surface area contributed by atoms with E-state index in [-0.39, 0.29) is 10.5 Å². The van der Waals surface area contributed by atoms with Gasteiger partial charge in [0, 0.05) is 27.7 Å². The summed E-state index contributed by atoms with van der Waals surface area (Å²) < 4.78 is 31.5. The van der Waals surface area contributed by atoms with Crippen LogP contribution < -0.4 is 15.5 Å². The molecule has 11 heteroatoms. The molecule has 0 saturated heterocycles. The van der Waals surface area contributed by atoms with E-state index < -0.39 is 22.0 Å². The number of aromatic nitrogens is 1. The number of halogens is 1. The predicted molar refractivity (Wildman–Crippen MR) is 174 cm³/mol. The van der Waals surface area contributed by atoms with Crippen molar-refractivity contribution in [2.45, 2.75) is 57.4 Å². The second-order valence-electron chi connectivity index (χ2n) is 10.6. The first-order valence-corrected chi connectivity index (χ1v) is 17.0. The summed E-state index contributed by atoms with van der Waals surface area (Å²) in [6.45, 7) is 9.44. The number of hydrogen-bond acceptors (Lipinski definition) is 7. The van der Waals surface area contributed by atoms with Crippen LogP contribution in [0.4, 0.5) is 11.4 Å². The molecule has 42 heavy (non-hydrogen) atoms. The normalized spacial score (nSPS) is 14.1. The molecule has 0 radical (unpaired) electrons. The van der Waals surface area contributed by atoms with Gasteiger partial charge in [-0.1, -0.05) is 19.9 Å². The lowest BCUT2D eigenvalue weighted by molar-refractivity contribution is 0.0271. The van der Waals surface area contributed by atoms with Gasteiger partial charge in [-0.15, -0.1) is 0 Å². The number of pyridine rings is 1. The molecule has 1 heterocycles. The Bertz CT molecular complexity index is 1450. The van der Waals surface area contributed by atoms with Gasteiger partial charge >= 0.3 is 0 Å². The molecule has 0 aliphatic heterocycles. The first-order chi connectivity index (χ1) is 20.2. The second-order valence-corrected chi connectivity index (χ2v) is 13.6. The van der Waals surface area contributed by atoms with Crippen molar-refractivity contribution >= 4 is 49.9 Å². The van der Waals surface area contributed by atoms with Crippen LogP contribution in [0.2, 0.25) is 0 Å². The monoisotopic (exact) mass is 705 g/mol. The van der Waals surface area contributed by atoms with E-state index in [1.165, 1.54) is 18.2 Å². The fraction of sp³-hybridized carbons (Fsp3) is 0.419. The number of anilines is 2. The van der Waals surface area contributed by atoms with E-state index in [0.717, 1.165) is 59.3 Å². The summed E-state index contributed by atoms with van der Waals surface area (Å²) in [5.74, 6) is 0.0403. The van der Waals surface area contributed by atoms with Gasteiger partial charge < -0.3 is 10.2 Å². The van der Waals surface area contributed by atoms with Crippen molar-refractivity contribution in [2.75, 3.05) is 31.6 Å². The average molecular weight is 706 g/mol. The van der Waals surface area contributed by atoms with Crippen molar-refractivity contribution in [3.8, 4) is 0 Å². The maximum Gasteiger partial charge on any atom is 0.276 e. The van der Waals surface area contributed by atoms with Gasteiger partial charge in [0.1, 0.15) is 0 Å². The van der Waals surface area contributed by atoms with Crippen molar-refractivity contribution in [1.29, 1.82) is 0 Å². The average Bonchev–Trinajstić information content (AvgIpc) is 3.81. The minimum absolute atomic E-state index is 0.0567. The summed E-state index contributed by atoms with van der Waals surface area (Å²) in [5.41, 5.74) is 5.71. The lowest BCUT2D eigenvalue weighted by atomic mass is 10.0. The molecule has 226 valence electrons. The molecule has 1 aliphatic rings. The zero-order valence-electron chi connectivity index (χ0n) is 24.4. The molecular weight excluding hydrogens is 665 g/mol. The minimum Gasteiger partial charge on any atom is -0.355 e. The van der Waals surface area contributed by atoms with Gasteiger partial charge in [0.15, 0.2) is 0 Å². The number of hydroxylamine groups is 1.